The molecular weight excluding hydrogens is 182 g/mol. The summed E-state index contributed by atoms with van der Waals surface area (Å²) in [5.41, 5.74) is 0. The fourth-order valence-electron chi connectivity index (χ4n) is 1.10. The van der Waals surface area contributed by atoms with Crippen LogP contribution in [0.2, 0.25) is 0 Å². The third-order valence-electron chi connectivity index (χ3n) is 2.01. The molecule has 1 aliphatic carbocycles. The van der Waals surface area contributed by atoms with E-state index in [1.807, 2.05) is 6.08 Å². The molecule has 0 amide bonds. The summed E-state index contributed by atoms with van der Waals surface area (Å²) in [6.07, 6.45) is 5.40. The Balaban J connectivity index is 1.85. The van der Waals surface area contributed by atoms with Crippen molar-refractivity contribution in [2.24, 2.45) is 0 Å². The minimum Gasteiger partial charge on any atom is -0.360 e. The standard InChI is InChI=1S/C9H13N3S/c1-2-3-6-10-9-11-8(12-13-9)7-4-5-7/h2,7H,1,3-6H2,(H,10,11,12). The Morgan fingerprint density at radius 1 is 1.62 bits per heavy atom. The van der Waals surface area contributed by atoms with Crippen LogP contribution < -0.4 is 5.32 Å². The molecule has 4 heteroatoms. The van der Waals surface area contributed by atoms with Crippen molar-refractivity contribution in [3.05, 3.63) is 18.5 Å². The summed E-state index contributed by atoms with van der Waals surface area (Å²) in [6, 6.07) is 0. The minimum absolute atomic E-state index is 0.659. The summed E-state index contributed by atoms with van der Waals surface area (Å²) in [4.78, 5) is 4.41. The maximum Gasteiger partial charge on any atom is 0.202 e. The molecule has 3 nitrogen and oxygen atoms in total. The first-order valence-electron chi connectivity index (χ1n) is 4.58. The van der Waals surface area contributed by atoms with Gasteiger partial charge in [-0.15, -0.1) is 6.58 Å². The Labute approximate surface area is 82.1 Å². The molecule has 1 heterocycles. The summed E-state index contributed by atoms with van der Waals surface area (Å²) in [5, 5.41) is 4.17. The van der Waals surface area contributed by atoms with Gasteiger partial charge in [0.1, 0.15) is 5.82 Å². The highest BCUT2D eigenvalue weighted by Crippen LogP contribution is 2.39. The molecule has 70 valence electrons. The van der Waals surface area contributed by atoms with Gasteiger partial charge < -0.3 is 5.32 Å². The summed E-state index contributed by atoms with van der Waals surface area (Å²) in [6.45, 7) is 4.57. The third kappa shape index (κ3) is 2.28. The van der Waals surface area contributed by atoms with E-state index in [-0.39, 0.29) is 0 Å². The first kappa shape index (κ1) is 8.69. The fourth-order valence-corrected chi connectivity index (χ4v) is 1.77. The van der Waals surface area contributed by atoms with E-state index < -0.39 is 0 Å². The average molecular weight is 195 g/mol. The zero-order valence-electron chi connectivity index (χ0n) is 7.49. The lowest BCUT2D eigenvalue weighted by Crippen LogP contribution is -1.99. The predicted molar refractivity (Wildman–Crippen MR) is 55.2 cm³/mol. The molecule has 1 aromatic heterocycles. The Hall–Kier alpha value is -0.900. The number of nitrogens with one attached hydrogen (secondary N) is 1. The van der Waals surface area contributed by atoms with E-state index in [9.17, 15) is 0 Å². The first-order chi connectivity index (χ1) is 6.40. The second-order valence-electron chi connectivity index (χ2n) is 3.24. The van der Waals surface area contributed by atoms with Crippen molar-refractivity contribution < 1.29 is 0 Å². The van der Waals surface area contributed by atoms with Crippen LogP contribution in [0.15, 0.2) is 12.7 Å². The van der Waals surface area contributed by atoms with Gasteiger partial charge in [-0.2, -0.15) is 4.37 Å². The van der Waals surface area contributed by atoms with Gasteiger partial charge in [-0.3, -0.25) is 0 Å². The van der Waals surface area contributed by atoms with Gasteiger partial charge in [0.05, 0.1) is 0 Å². The smallest absolute Gasteiger partial charge is 0.202 e. The largest absolute Gasteiger partial charge is 0.360 e. The molecule has 2 rings (SSSR count). The first-order valence-corrected chi connectivity index (χ1v) is 5.36. The lowest BCUT2D eigenvalue weighted by molar-refractivity contribution is 0.976. The minimum atomic E-state index is 0.659. The topological polar surface area (TPSA) is 37.8 Å². The zero-order chi connectivity index (χ0) is 9.10. The van der Waals surface area contributed by atoms with Gasteiger partial charge >= 0.3 is 0 Å². The molecule has 1 N–H and O–H groups in total. The van der Waals surface area contributed by atoms with Crippen LogP contribution in [-0.2, 0) is 0 Å². The van der Waals surface area contributed by atoms with Crippen molar-refractivity contribution in [1.82, 2.24) is 9.36 Å². The molecule has 0 atom stereocenters. The van der Waals surface area contributed by atoms with Gasteiger partial charge in [-0.05, 0) is 19.3 Å². The number of rotatable bonds is 5. The molecule has 1 saturated carbocycles. The summed E-state index contributed by atoms with van der Waals surface area (Å²) in [7, 11) is 0. The molecule has 13 heavy (non-hydrogen) atoms. The van der Waals surface area contributed by atoms with Crippen LogP contribution in [0, 0.1) is 0 Å². The van der Waals surface area contributed by atoms with Gasteiger partial charge in [-0.1, -0.05) is 6.08 Å². The van der Waals surface area contributed by atoms with Crippen molar-refractivity contribution in [3.8, 4) is 0 Å². The highest BCUT2D eigenvalue weighted by Gasteiger charge is 2.27. The SMILES string of the molecule is C=CCCNc1nc(C2CC2)ns1. The Morgan fingerprint density at radius 2 is 2.46 bits per heavy atom. The molecule has 1 fully saturated rings. The number of hydrogen-bond donors (Lipinski definition) is 1. The third-order valence-corrected chi connectivity index (χ3v) is 2.70. The highest BCUT2D eigenvalue weighted by atomic mass is 32.1. The fraction of sp³-hybridized carbons (Fsp3) is 0.556. The monoisotopic (exact) mass is 195 g/mol. The van der Waals surface area contributed by atoms with E-state index in [1.54, 1.807) is 0 Å². The highest BCUT2D eigenvalue weighted by molar-refractivity contribution is 7.09. The molecule has 0 bridgehead atoms. The molecule has 0 aromatic carbocycles. The normalized spacial score (nSPS) is 15.7. The number of hydrogen-bond acceptors (Lipinski definition) is 4. The molecule has 0 aliphatic heterocycles. The van der Waals surface area contributed by atoms with Gasteiger partial charge in [-0.25, -0.2) is 4.98 Å². The number of nitrogens with zero attached hydrogens (tertiary/aromatic N) is 2. The molecule has 1 aromatic rings. The second-order valence-corrected chi connectivity index (χ2v) is 3.99. The Bertz CT molecular complexity index is 291. The maximum absolute atomic E-state index is 4.41. The van der Waals surface area contributed by atoms with Crippen molar-refractivity contribution >= 4 is 16.7 Å². The second kappa shape index (κ2) is 3.87. The number of aromatic nitrogens is 2. The van der Waals surface area contributed by atoms with Gasteiger partial charge in [0.25, 0.3) is 0 Å². The number of anilines is 1. The molecule has 0 radical (unpaired) electrons. The van der Waals surface area contributed by atoms with Crippen molar-refractivity contribution in [3.63, 3.8) is 0 Å². The van der Waals surface area contributed by atoms with Crippen LogP contribution in [0.1, 0.15) is 31.0 Å². The summed E-state index contributed by atoms with van der Waals surface area (Å²) < 4.78 is 4.30. The van der Waals surface area contributed by atoms with Crippen molar-refractivity contribution in [2.45, 2.75) is 25.2 Å². The summed E-state index contributed by atoms with van der Waals surface area (Å²) >= 11 is 1.46. The summed E-state index contributed by atoms with van der Waals surface area (Å²) in [5.74, 6) is 1.69. The van der Waals surface area contributed by atoms with Gasteiger partial charge in [0.15, 0.2) is 0 Å². The Morgan fingerprint density at radius 3 is 3.15 bits per heavy atom. The quantitative estimate of drug-likeness (QED) is 0.579. The predicted octanol–water partition coefficient (Wildman–Crippen LogP) is 2.40. The van der Waals surface area contributed by atoms with Gasteiger partial charge in [0, 0.05) is 24.0 Å². The zero-order valence-corrected chi connectivity index (χ0v) is 8.31. The van der Waals surface area contributed by atoms with Crippen LogP contribution >= 0.6 is 11.5 Å². The molecule has 1 aliphatic rings. The lowest BCUT2D eigenvalue weighted by Gasteiger charge is -1.96. The van der Waals surface area contributed by atoms with E-state index >= 15 is 0 Å². The van der Waals surface area contributed by atoms with E-state index in [4.69, 9.17) is 0 Å². The van der Waals surface area contributed by atoms with Crippen LogP contribution in [-0.4, -0.2) is 15.9 Å². The van der Waals surface area contributed by atoms with Crippen LogP contribution in [0.25, 0.3) is 0 Å². The van der Waals surface area contributed by atoms with E-state index in [0.717, 1.165) is 23.9 Å². The van der Waals surface area contributed by atoms with E-state index in [1.165, 1.54) is 24.4 Å². The lowest BCUT2D eigenvalue weighted by atomic mass is 10.4. The molecular formula is C9H13N3S. The maximum atomic E-state index is 4.41. The molecule has 0 spiro atoms. The van der Waals surface area contributed by atoms with Crippen LogP contribution in [0.5, 0.6) is 0 Å². The van der Waals surface area contributed by atoms with E-state index in [0.29, 0.717) is 5.92 Å². The molecule has 0 unspecified atom stereocenters. The van der Waals surface area contributed by atoms with Crippen molar-refractivity contribution in [2.75, 3.05) is 11.9 Å². The van der Waals surface area contributed by atoms with E-state index in [2.05, 4.69) is 21.3 Å². The van der Waals surface area contributed by atoms with Gasteiger partial charge in [0.2, 0.25) is 5.13 Å². The molecule has 0 saturated heterocycles. The van der Waals surface area contributed by atoms with Crippen molar-refractivity contribution in [1.29, 1.82) is 0 Å². The Kier molecular flexibility index (Phi) is 2.59. The van der Waals surface area contributed by atoms with Crippen LogP contribution in [0.3, 0.4) is 0 Å². The average Bonchev–Trinajstić information content (AvgIpc) is 2.88. The van der Waals surface area contributed by atoms with Crippen LogP contribution in [0.4, 0.5) is 5.13 Å².